The molecule has 0 N–H and O–H groups in total. The molecule has 1 atom stereocenters. The molecule has 1 heterocycles. The lowest BCUT2D eigenvalue weighted by Gasteiger charge is -2.32. The number of sulfone groups is 1. The first-order valence-corrected chi connectivity index (χ1v) is 9.09. The van der Waals surface area contributed by atoms with Crippen LogP contribution < -0.4 is 0 Å². The number of piperidine rings is 1. The summed E-state index contributed by atoms with van der Waals surface area (Å²) in [5, 5.41) is -0.979. The first kappa shape index (κ1) is 15.4. The number of carbonyl (C=O) groups excluding carboxylic acids is 1. The summed E-state index contributed by atoms with van der Waals surface area (Å²) in [5.74, 6) is -0.647. The summed E-state index contributed by atoms with van der Waals surface area (Å²) in [6, 6.07) is -0.907. The maximum atomic E-state index is 12.0. The van der Waals surface area contributed by atoms with Crippen LogP contribution in [0.2, 0.25) is 0 Å². The highest BCUT2D eigenvalue weighted by molar-refractivity contribution is 8.06. The van der Waals surface area contributed by atoms with Crippen molar-refractivity contribution < 1.29 is 26.4 Å². The van der Waals surface area contributed by atoms with Gasteiger partial charge in [0.15, 0.2) is 14.9 Å². The highest BCUT2D eigenvalue weighted by Crippen LogP contribution is 2.22. The number of esters is 1. The van der Waals surface area contributed by atoms with Gasteiger partial charge in [-0.05, 0) is 19.3 Å². The van der Waals surface area contributed by atoms with Gasteiger partial charge in [-0.2, -0.15) is 4.31 Å². The third-order valence-electron chi connectivity index (χ3n) is 2.65. The molecule has 1 rings (SSSR count). The molecule has 9 heteroatoms. The van der Waals surface area contributed by atoms with Crippen LogP contribution in [0.5, 0.6) is 0 Å². The van der Waals surface area contributed by atoms with Gasteiger partial charge in [-0.3, -0.25) is 4.79 Å². The number of hydrogen-bond donors (Lipinski definition) is 0. The minimum atomic E-state index is -4.00. The molecule has 0 spiro atoms. The predicted molar refractivity (Wildman–Crippen MR) is 65.0 cm³/mol. The van der Waals surface area contributed by atoms with Gasteiger partial charge in [0.05, 0.1) is 7.11 Å². The summed E-state index contributed by atoms with van der Waals surface area (Å²) < 4.78 is 51.7. The van der Waals surface area contributed by atoms with Gasteiger partial charge in [-0.1, -0.05) is 0 Å². The fourth-order valence-electron chi connectivity index (χ4n) is 1.95. The standard InChI is InChI=1S/C9H17NO6S2/c1-16-9(11)8-5-3-4-6-10(8)18(14,15)7-17(2,12)13/h8H,3-7H2,1-2H3. The Hall–Kier alpha value is -0.670. The Balaban J connectivity index is 3.00. The van der Waals surface area contributed by atoms with E-state index in [1.807, 2.05) is 0 Å². The lowest BCUT2D eigenvalue weighted by molar-refractivity contribution is -0.146. The summed E-state index contributed by atoms with van der Waals surface area (Å²) in [4.78, 5) is 11.5. The van der Waals surface area contributed by atoms with E-state index in [1.54, 1.807) is 0 Å². The van der Waals surface area contributed by atoms with E-state index in [0.29, 0.717) is 19.3 Å². The Morgan fingerprint density at radius 2 is 1.89 bits per heavy atom. The molecule has 0 saturated carbocycles. The van der Waals surface area contributed by atoms with Gasteiger partial charge < -0.3 is 4.74 Å². The van der Waals surface area contributed by atoms with Crippen molar-refractivity contribution in [2.24, 2.45) is 0 Å². The van der Waals surface area contributed by atoms with Crippen molar-refractivity contribution >= 4 is 25.8 Å². The van der Waals surface area contributed by atoms with E-state index in [0.717, 1.165) is 10.6 Å². The van der Waals surface area contributed by atoms with E-state index < -0.39 is 37.0 Å². The summed E-state index contributed by atoms with van der Waals surface area (Å²) in [5.41, 5.74) is 0. The summed E-state index contributed by atoms with van der Waals surface area (Å²) in [6.45, 7) is 0.150. The zero-order chi connectivity index (χ0) is 14.0. The van der Waals surface area contributed by atoms with E-state index >= 15 is 0 Å². The van der Waals surface area contributed by atoms with Gasteiger partial charge in [0.2, 0.25) is 10.0 Å². The maximum Gasteiger partial charge on any atom is 0.324 e. The molecule has 0 amide bonds. The highest BCUT2D eigenvalue weighted by atomic mass is 32.3. The van der Waals surface area contributed by atoms with E-state index in [9.17, 15) is 21.6 Å². The van der Waals surface area contributed by atoms with Crippen LogP contribution in [0.25, 0.3) is 0 Å². The number of nitrogens with zero attached hydrogens (tertiary/aromatic N) is 1. The smallest absolute Gasteiger partial charge is 0.324 e. The quantitative estimate of drug-likeness (QED) is 0.640. The Morgan fingerprint density at radius 3 is 2.39 bits per heavy atom. The Labute approximate surface area is 107 Å². The SMILES string of the molecule is COC(=O)C1CCCCN1S(=O)(=O)CS(C)(=O)=O. The lowest BCUT2D eigenvalue weighted by Crippen LogP contribution is -2.49. The molecular weight excluding hydrogens is 282 g/mol. The second kappa shape index (κ2) is 5.54. The second-order valence-corrected chi connectivity index (χ2v) is 8.73. The van der Waals surface area contributed by atoms with Gasteiger partial charge in [-0.15, -0.1) is 0 Å². The van der Waals surface area contributed by atoms with Crippen molar-refractivity contribution in [2.75, 3.05) is 25.0 Å². The number of ether oxygens (including phenoxy) is 1. The van der Waals surface area contributed by atoms with Gasteiger partial charge >= 0.3 is 5.97 Å². The maximum absolute atomic E-state index is 12.0. The number of hydrogen-bond acceptors (Lipinski definition) is 6. The summed E-state index contributed by atoms with van der Waals surface area (Å²) in [7, 11) is -6.49. The fraction of sp³-hybridized carbons (Fsp3) is 0.889. The third-order valence-corrected chi connectivity index (χ3v) is 6.70. The van der Waals surface area contributed by atoms with Crippen molar-refractivity contribution in [3.63, 3.8) is 0 Å². The molecule has 1 aliphatic heterocycles. The molecule has 7 nitrogen and oxygen atoms in total. The van der Waals surface area contributed by atoms with Gasteiger partial charge in [-0.25, -0.2) is 16.8 Å². The number of carbonyl (C=O) groups is 1. The normalized spacial score (nSPS) is 22.7. The molecule has 1 fully saturated rings. The average Bonchev–Trinajstić information content (AvgIpc) is 2.25. The second-order valence-electron chi connectivity index (χ2n) is 4.30. The largest absolute Gasteiger partial charge is 0.468 e. The van der Waals surface area contributed by atoms with Gasteiger partial charge in [0.1, 0.15) is 6.04 Å². The van der Waals surface area contributed by atoms with Crippen molar-refractivity contribution in [2.45, 2.75) is 25.3 Å². The van der Waals surface area contributed by atoms with Crippen LogP contribution >= 0.6 is 0 Å². The molecule has 18 heavy (non-hydrogen) atoms. The molecule has 0 aliphatic carbocycles. The van der Waals surface area contributed by atoms with E-state index in [4.69, 9.17) is 0 Å². The van der Waals surface area contributed by atoms with Crippen LogP contribution in [0.4, 0.5) is 0 Å². The monoisotopic (exact) mass is 299 g/mol. The van der Waals surface area contributed by atoms with Crippen LogP contribution in [0.1, 0.15) is 19.3 Å². The first-order valence-electron chi connectivity index (χ1n) is 5.42. The molecule has 1 aliphatic rings. The molecule has 0 aromatic rings. The zero-order valence-electron chi connectivity index (χ0n) is 10.3. The van der Waals surface area contributed by atoms with Crippen LogP contribution in [0.3, 0.4) is 0 Å². The van der Waals surface area contributed by atoms with Crippen molar-refractivity contribution in [3.8, 4) is 0 Å². The van der Waals surface area contributed by atoms with Gasteiger partial charge in [0, 0.05) is 12.8 Å². The molecule has 0 radical (unpaired) electrons. The molecular formula is C9H17NO6S2. The molecule has 106 valence electrons. The topological polar surface area (TPSA) is 97.8 Å². The third kappa shape index (κ3) is 3.92. The van der Waals surface area contributed by atoms with Crippen LogP contribution in [-0.4, -0.2) is 58.1 Å². The van der Waals surface area contributed by atoms with Crippen molar-refractivity contribution in [1.29, 1.82) is 0 Å². The van der Waals surface area contributed by atoms with Crippen LogP contribution in [0.15, 0.2) is 0 Å². The molecule has 0 aromatic heterocycles. The van der Waals surface area contributed by atoms with E-state index in [-0.39, 0.29) is 6.54 Å². The first-order chi connectivity index (χ1) is 8.17. The van der Waals surface area contributed by atoms with E-state index in [2.05, 4.69) is 4.74 Å². The van der Waals surface area contributed by atoms with Crippen LogP contribution in [0, 0.1) is 0 Å². The minimum absolute atomic E-state index is 0.150. The Kier molecular flexibility index (Phi) is 4.73. The summed E-state index contributed by atoms with van der Waals surface area (Å²) in [6.07, 6.45) is 2.53. The lowest BCUT2D eigenvalue weighted by atomic mass is 10.1. The molecule has 0 aromatic carbocycles. The van der Waals surface area contributed by atoms with Crippen molar-refractivity contribution in [3.05, 3.63) is 0 Å². The number of rotatable bonds is 4. The van der Waals surface area contributed by atoms with E-state index in [1.165, 1.54) is 7.11 Å². The van der Waals surface area contributed by atoms with Gasteiger partial charge in [0.25, 0.3) is 0 Å². The number of sulfonamides is 1. The number of methoxy groups -OCH3 is 1. The molecule has 1 unspecified atom stereocenters. The zero-order valence-corrected chi connectivity index (χ0v) is 12.0. The predicted octanol–water partition coefficient (Wildman–Crippen LogP) is -0.654. The molecule has 1 saturated heterocycles. The average molecular weight is 299 g/mol. The Morgan fingerprint density at radius 1 is 1.28 bits per heavy atom. The van der Waals surface area contributed by atoms with Crippen molar-refractivity contribution in [1.82, 2.24) is 4.31 Å². The summed E-state index contributed by atoms with van der Waals surface area (Å²) >= 11 is 0. The Bertz CT molecular complexity index is 509. The fourth-order valence-corrected chi connectivity index (χ4v) is 5.64. The minimum Gasteiger partial charge on any atom is -0.468 e. The molecule has 0 bridgehead atoms. The van der Waals surface area contributed by atoms with Crippen LogP contribution in [-0.2, 0) is 29.4 Å². The highest BCUT2D eigenvalue weighted by Gasteiger charge is 2.38.